The number of urea groups is 1. The Bertz CT molecular complexity index is 3520. The summed E-state index contributed by atoms with van der Waals surface area (Å²) in [4.78, 5) is 36.8. The van der Waals surface area contributed by atoms with Crippen LogP contribution in [-0.2, 0) is 40.5 Å². The maximum Gasteiger partial charge on any atom is 1.00 e. The molecule has 2 amide bonds. The number of benzene rings is 5. The zero-order chi connectivity index (χ0) is 46.5. The summed E-state index contributed by atoms with van der Waals surface area (Å²) in [7, 11) is -19.2. The van der Waals surface area contributed by atoms with E-state index in [9.17, 15) is 66.3 Å². The van der Waals surface area contributed by atoms with Crippen molar-refractivity contribution in [1.29, 1.82) is 0 Å². The number of carbonyl (C=O) groups excluding carboxylic acids is 3. The molecule has 0 saturated carbocycles. The minimum absolute atomic E-state index is 0. The van der Waals surface area contributed by atoms with Gasteiger partial charge in [0.2, 0.25) is 11.6 Å². The van der Waals surface area contributed by atoms with Crippen molar-refractivity contribution in [3.05, 3.63) is 123 Å². The van der Waals surface area contributed by atoms with Crippen molar-refractivity contribution in [3.8, 4) is 5.75 Å². The molecule has 0 aromatic heterocycles. The van der Waals surface area contributed by atoms with E-state index >= 15 is 0 Å². The Balaban J connectivity index is 0.00000306. The molecule has 4 N–H and O–H groups in total. The van der Waals surface area contributed by atoms with Gasteiger partial charge in [-0.3, -0.25) is 20.4 Å². The van der Waals surface area contributed by atoms with Crippen molar-refractivity contribution in [3.63, 3.8) is 0 Å². The molecule has 0 bridgehead atoms. The van der Waals surface area contributed by atoms with Crippen LogP contribution in [0.15, 0.2) is 121 Å². The van der Waals surface area contributed by atoms with Crippen molar-refractivity contribution < 1.29 is 189 Å². The average molecular weight is 1040 g/mol. The number of ketones is 2. The predicted molar refractivity (Wildman–Crippen MR) is 225 cm³/mol. The molecule has 0 spiro atoms. The Morgan fingerprint density at radius 2 is 0.941 bits per heavy atom. The van der Waals surface area contributed by atoms with Crippen LogP contribution in [0, 0.1) is 0 Å². The molecular weight excluding hydrogens is 1020 g/mol. The van der Waals surface area contributed by atoms with Crippen LogP contribution in [0.1, 0.15) is 31.8 Å². The van der Waals surface area contributed by atoms with Crippen LogP contribution in [0.3, 0.4) is 0 Å². The molecule has 0 aliphatic heterocycles. The number of hydrogen-bond acceptors (Lipinski definition) is 20. The first-order chi connectivity index (χ1) is 29.9. The van der Waals surface area contributed by atoms with Gasteiger partial charge in [0.15, 0.2) is 0 Å². The molecule has 7 rings (SSSR count). The number of allylic oxidation sites excluding steroid dienone is 2. The number of carbonyl (C=O) groups is 3. The third kappa shape index (κ3) is 13.4. The zero-order valence-electron chi connectivity index (χ0n) is 35.9. The first-order valence-corrected chi connectivity index (χ1v) is 23.2. The quantitative estimate of drug-likeness (QED) is 0.0542. The third-order valence-corrected chi connectivity index (χ3v) is 12.6. The van der Waals surface area contributed by atoms with E-state index in [1.165, 1.54) is 54.6 Å². The van der Waals surface area contributed by atoms with E-state index in [4.69, 9.17) is 4.74 Å². The van der Waals surface area contributed by atoms with Crippen LogP contribution in [0.2, 0.25) is 0 Å². The van der Waals surface area contributed by atoms with E-state index in [1.54, 1.807) is 0 Å². The summed E-state index contributed by atoms with van der Waals surface area (Å²) in [5, 5.41) is 13.4. The van der Waals surface area contributed by atoms with Crippen LogP contribution in [0.25, 0.3) is 22.9 Å². The molecule has 0 atom stereocenters. The van der Waals surface area contributed by atoms with Crippen molar-refractivity contribution in [2.24, 2.45) is 10.2 Å². The zero-order valence-corrected chi connectivity index (χ0v) is 47.1. The molecule has 68 heavy (non-hydrogen) atoms. The Morgan fingerprint density at radius 3 is 1.41 bits per heavy atom. The van der Waals surface area contributed by atoms with Gasteiger partial charge in [-0.2, -0.15) is 10.2 Å². The van der Waals surface area contributed by atoms with Gasteiger partial charge in [-0.25, -0.2) is 38.5 Å². The van der Waals surface area contributed by atoms with Gasteiger partial charge in [-0.05, 0) is 113 Å². The number of methoxy groups -OCH3 is 1. The number of hydrogen-bond donors (Lipinski definition) is 4. The number of hydrazone groups is 2. The van der Waals surface area contributed by atoms with Crippen LogP contribution >= 0.6 is 0 Å². The molecule has 30 heteroatoms. The van der Waals surface area contributed by atoms with E-state index in [0.717, 1.165) is 55.7 Å². The van der Waals surface area contributed by atoms with Crippen molar-refractivity contribution in [2.45, 2.75) is 9.79 Å². The molecule has 0 unspecified atom stereocenters. The standard InChI is InChI=1S/C38H28N6O16S4.4Na/c1-60-31-18-27(62(51,52)53)8-11-30(31)42-44-35-33(64(57,58)59)17-22-14-24(6-10-29(22)37(35)46)40-38(47)39-23-5-9-28-21(13-23)16-32(63(54,55)56)34(36(28)45)43-41-25-4-2-20-15-26(61(48,49)50)7-3-19(20)12-25;;;;/h2-18,41-42H,1H3,(H2,39,40,47)(H,48,49,50)(H,51,52,53)(H,54,55,56)(H,57,58,59);;;;/q;4*+1/p-4/b43-34-,44-35+;;;;. The molecule has 0 saturated heterocycles. The second kappa shape index (κ2) is 22.9. The molecular formula is C38H24N6Na4O16S4. The molecule has 330 valence electrons. The maximum atomic E-state index is 13.5. The number of anilines is 4. The molecule has 5 aromatic carbocycles. The van der Waals surface area contributed by atoms with Crippen LogP contribution in [-0.4, -0.2) is 88.0 Å². The Hall–Kier alpha value is -3.17. The second-order valence-corrected chi connectivity index (χ2v) is 18.9. The fraction of sp³-hybridized carbons (Fsp3) is 0.0263. The van der Waals surface area contributed by atoms with Crippen LogP contribution in [0.5, 0.6) is 5.75 Å². The molecule has 5 aromatic rings. The average Bonchev–Trinajstić information content (AvgIpc) is 3.21. The van der Waals surface area contributed by atoms with E-state index < -0.39 is 89.1 Å². The number of nitrogens with zero attached hydrogens (tertiary/aromatic N) is 2. The van der Waals surface area contributed by atoms with Crippen molar-refractivity contribution in [2.75, 3.05) is 28.6 Å². The largest absolute Gasteiger partial charge is 1.00 e. The second-order valence-electron chi connectivity index (χ2n) is 13.4. The van der Waals surface area contributed by atoms with Gasteiger partial charge in [0.25, 0.3) is 0 Å². The minimum atomic E-state index is -5.38. The normalized spacial score (nSPS) is 14.6. The van der Waals surface area contributed by atoms with Gasteiger partial charge < -0.3 is 33.6 Å². The van der Waals surface area contributed by atoms with E-state index in [0.29, 0.717) is 10.8 Å². The molecule has 2 aliphatic carbocycles. The first kappa shape index (κ1) is 59.1. The number of nitrogens with one attached hydrogen (secondary N) is 4. The molecule has 22 nitrogen and oxygen atoms in total. The van der Waals surface area contributed by atoms with Gasteiger partial charge in [-0.1, -0.05) is 12.1 Å². The number of ether oxygens (including phenoxy) is 1. The summed E-state index contributed by atoms with van der Waals surface area (Å²) in [5.74, 6) is -2.25. The third-order valence-electron chi connectivity index (χ3n) is 9.26. The number of fused-ring (bicyclic) bond motifs is 3. The van der Waals surface area contributed by atoms with Gasteiger partial charge >= 0.3 is 124 Å². The predicted octanol–water partition coefficient (Wildman–Crippen LogP) is -8.58. The fourth-order valence-electron chi connectivity index (χ4n) is 6.32. The topological polar surface area (TPSA) is 362 Å². The first-order valence-electron chi connectivity index (χ1n) is 17.5. The summed E-state index contributed by atoms with van der Waals surface area (Å²) >= 11 is 0. The SMILES string of the molecule is COc1cc(S(=O)(=O)[O-])ccc1N/N=C1/C(=O)c2ccc(NC(=O)Nc3ccc4c(c3)C=C(S(=O)(=O)[O-])/C(=N/Nc3ccc5cc(S(=O)(=O)[O-])ccc5c3)C4=O)cc2C=C1S(=O)(=O)[O-].[Na+].[Na+].[Na+].[Na+]. The van der Waals surface area contributed by atoms with Gasteiger partial charge in [0.05, 0.1) is 38.1 Å². The van der Waals surface area contributed by atoms with E-state index in [1.807, 2.05) is 0 Å². The number of Topliss-reactive ketones (excluding diaryl/α,β-unsaturated/α-hetero) is 2. The van der Waals surface area contributed by atoms with Crippen LogP contribution < -0.4 is 144 Å². The fourth-order valence-corrected chi connectivity index (χ4v) is 8.61. The number of amides is 2. The van der Waals surface area contributed by atoms with E-state index in [-0.39, 0.29) is 169 Å². The monoisotopic (exact) mass is 1040 g/mol. The Labute approximate surface area is 475 Å². The Morgan fingerprint density at radius 1 is 0.515 bits per heavy atom. The maximum absolute atomic E-state index is 13.5. The molecule has 0 radical (unpaired) electrons. The Kier molecular flexibility index (Phi) is 19.9. The number of rotatable bonds is 11. The summed E-state index contributed by atoms with van der Waals surface area (Å²) in [6, 6.07) is 17.0. The van der Waals surface area contributed by atoms with Crippen molar-refractivity contribution >= 4 is 115 Å². The van der Waals surface area contributed by atoms with Crippen LogP contribution in [0.4, 0.5) is 27.5 Å². The van der Waals surface area contributed by atoms with Gasteiger partial charge in [0, 0.05) is 22.5 Å². The summed E-state index contributed by atoms with van der Waals surface area (Å²) in [5.41, 5.74) is 2.80. The van der Waals surface area contributed by atoms with E-state index in [2.05, 4.69) is 31.7 Å². The summed E-state index contributed by atoms with van der Waals surface area (Å²) < 4.78 is 147. The molecule has 0 fully saturated rings. The molecule has 0 heterocycles. The smallest absolute Gasteiger partial charge is 0.744 e. The van der Waals surface area contributed by atoms with Gasteiger partial charge in [0.1, 0.15) is 57.6 Å². The minimum Gasteiger partial charge on any atom is -0.744 e. The van der Waals surface area contributed by atoms with Gasteiger partial charge in [-0.15, -0.1) is 0 Å². The summed E-state index contributed by atoms with van der Waals surface area (Å²) in [6.07, 6.45) is 1.71. The summed E-state index contributed by atoms with van der Waals surface area (Å²) in [6.45, 7) is 0. The van der Waals surface area contributed by atoms with Crippen molar-refractivity contribution in [1.82, 2.24) is 0 Å². The molecule has 2 aliphatic rings.